The minimum Gasteiger partial charge on any atom is -0.449 e. The first-order valence-electron chi connectivity index (χ1n) is 8.57. The fourth-order valence-corrected chi connectivity index (χ4v) is 3.11. The summed E-state index contributed by atoms with van der Waals surface area (Å²) in [6, 6.07) is 21.5. The highest BCUT2D eigenvalue weighted by molar-refractivity contribution is 6.36. The Morgan fingerprint density at radius 1 is 0.929 bits per heavy atom. The quantitative estimate of drug-likeness (QED) is 0.534. The maximum atomic E-state index is 12.6. The Hall–Kier alpha value is -2.82. The van der Waals surface area contributed by atoms with Crippen molar-refractivity contribution in [2.24, 2.45) is 0 Å². The van der Waals surface area contributed by atoms with Crippen LogP contribution in [0.4, 0.5) is 5.69 Å². The number of para-hydroxylation sites is 1. The summed E-state index contributed by atoms with van der Waals surface area (Å²) in [7, 11) is 0. The van der Waals surface area contributed by atoms with Gasteiger partial charge in [-0.05, 0) is 36.8 Å². The lowest BCUT2D eigenvalue weighted by molar-refractivity contribution is -0.123. The predicted molar refractivity (Wildman–Crippen MR) is 112 cm³/mol. The van der Waals surface area contributed by atoms with Crippen molar-refractivity contribution in [3.05, 3.63) is 88.4 Å². The van der Waals surface area contributed by atoms with Crippen LogP contribution < -0.4 is 5.32 Å². The van der Waals surface area contributed by atoms with Gasteiger partial charge in [0.15, 0.2) is 6.10 Å². The van der Waals surface area contributed by atoms with Gasteiger partial charge in [0.25, 0.3) is 5.91 Å². The van der Waals surface area contributed by atoms with E-state index < -0.39 is 18.0 Å². The van der Waals surface area contributed by atoms with E-state index in [2.05, 4.69) is 5.32 Å². The molecule has 3 rings (SSSR count). The summed E-state index contributed by atoms with van der Waals surface area (Å²) in [5.74, 6) is -1.14. The van der Waals surface area contributed by atoms with E-state index in [1.54, 1.807) is 6.07 Å². The van der Waals surface area contributed by atoms with Crippen LogP contribution in [0.5, 0.6) is 0 Å². The first-order valence-corrected chi connectivity index (χ1v) is 9.32. The number of anilines is 1. The Morgan fingerprint density at radius 3 is 2.32 bits per heavy atom. The van der Waals surface area contributed by atoms with Gasteiger partial charge in [-0.15, -0.1) is 0 Å². The smallest absolute Gasteiger partial charge is 0.340 e. The molecular weight excluding hydrogens is 397 g/mol. The van der Waals surface area contributed by atoms with Gasteiger partial charge >= 0.3 is 5.97 Å². The molecule has 0 fully saturated rings. The van der Waals surface area contributed by atoms with Gasteiger partial charge in [-0.3, -0.25) is 4.79 Å². The molecule has 0 aliphatic heterocycles. The molecule has 28 heavy (non-hydrogen) atoms. The average Bonchev–Trinajstić information content (AvgIpc) is 2.69. The van der Waals surface area contributed by atoms with Gasteiger partial charge in [0.2, 0.25) is 0 Å². The van der Waals surface area contributed by atoms with Crippen LogP contribution in [0.3, 0.4) is 0 Å². The number of nitrogens with one attached hydrogen (secondary N) is 1. The van der Waals surface area contributed by atoms with Crippen molar-refractivity contribution >= 4 is 40.8 Å². The van der Waals surface area contributed by atoms with Crippen molar-refractivity contribution in [1.82, 2.24) is 0 Å². The number of esters is 1. The van der Waals surface area contributed by atoms with E-state index in [9.17, 15) is 9.59 Å². The predicted octanol–water partition coefficient (Wildman–Crippen LogP) is 5.84. The molecule has 0 unspecified atom stereocenters. The molecule has 1 N–H and O–H groups in total. The molecular formula is C22H17Cl2NO3. The Morgan fingerprint density at radius 2 is 1.61 bits per heavy atom. The van der Waals surface area contributed by atoms with Crippen LogP contribution in [0.1, 0.15) is 17.3 Å². The lowest BCUT2D eigenvalue weighted by Gasteiger charge is -2.16. The number of amides is 1. The van der Waals surface area contributed by atoms with Crippen molar-refractivity contribution in [3.8, 4) is 11.1 Å². The molecule has 0 aromatic heterocycles. The molecule has 3 aromatic carbocycles. The van der Waals surface area contributed by atoms with E-state index in [4.69, 9.17) is 27.9 Å². The molecule has 0 saturated carbocycles. The van der Waals surface area contributed by atoms with Crippen LogP contribution in [0.25, 0.3) is 11.1 Å². The second-order valence-electron chi connectivity index (χ2n) is 6.07. The number of benzene rings is 3. The Labute approximate surface area is 173 Å². The summed E-state index contributed by atoms with van der Waals surface area (Å²) in [6.07, 6.45) is -1.01. The maximum Gasteiger partial charge on any atom is 0.340 e. The van der Waals surface area contributed by atoms with E-state index in [1.807, 2.05) is 48.5 Å². The fourth-order valence-electron chi connectivity index (χ4n) is 2.63. The van der Waals surface area contributed by atoms with E-state index in [0.717, 1.165) is 11.1 Å². The number of rotatable bonds is 5. The number of hydrogen-bond donors (Lipinski definition) is 1. The van der Waals surface area contributed by atoms with Crippen LogP contribution in [-0.4, -0.2) is 18.0 Å². The molecule has 0 aliphatic carbocycles. The summed E-state index contributed by atoms with van der Waals surface area (Å²) in [5, 5.41) is 3.39. The molecule has 0 heterocycles. The topological polar surface area (TPSA) is 55.4 Å². The highest BCUT2D eigenvalue weighted by Crippen LogP contribution is 2.28. The van der Waals surface area contributed by atoms with Crippen molar-refractivity contribution in [1.29, 1.82) is 0 Å². The van der Waals surface area contributed by atoms with Crippen molar-refractivity contribution < 1.29 is 14.3 Å². The molecule has 142 valence electrons. The Kier molecular flexibility index (Phi) is 6.34. The Balaban J connectivity index is 1.72. The zero-order valence-corrected chi connectivity index (χ0v) is 16.5. The highest BCUT2D eigenvalue weighted by atomic mass is 35.5. The van der Waals surface area contributed by atoms with Gasteiger partial charge in [0, 0.05) is 16.3 Å². The number of ether oxygens (including phenoxy) is 1. The van der Waals surface area contributed by atoms with Gasteiger partial charge in [0.05, 0.1) is 10.6 Å². The van der Waals surface area contributed by atoms with E-state index in [1.165, 1.54) is 25.1 Å². The molecule has 0 aliphatic rings. The number of carbonyl (C=O) groups excluding carboxylic acids is 2. The summed E-state index contributed by atoms with van der Waals surface area (Å²) >= 11 is 11.9. The zero-order chi connectivity index (χ0) is 20.1. The van der Waals surface area contributed by atoms with E-state index in [0.29, 0.717) is 10.7 Å². The monoisotopic (exact) mass is 413 g/mol. The highest BCUT2D eigenvalue weighted by Gasteiger charge is 2.21. The number of halogens is 2. The van der Waals surface area contributed by atoms with Crippen LogP contribution in [0.15, 0.2) is 72.8 Å². The fraction of sp³-hybridized carbons (Fsp3) is 0.0909. The lowest BCUT2D eigenvalue weighted by Crippen LogP contribution is -2.30. The number of carbonyl (C=O) groups is 2. The molecule has 3 aromatic rings. The third kappa shape index (κ3) is 4.71. The van der Waals surface area contributed by atoms with Gasteiger partial charge in [-0.1, -0.05) is 71.7 Å². The van der Waals surface area contributed by atoms with Crippen molar-refractivity contribution in [3.63, 3.8) is 0 Å². The van der Waals surface area contributed by atoms with Crippen molar-refractivity contribution in [2.75, 3.05) is 5.32 Å². The first-order chi connectivity index (χ1) is 13.5. The van der Waals surface area contributed by atoms with E-state index >= 15 is 0 Å². The summed E-state index contributed by atoms with van der Waals surface area (Å²) < 4.78 is 5.26. The second kappa shape index (κ2) is 8.91. The van der Waals surface area contributed by atoms with Crippen LogP contribution in [-0.2, 0) is 9.53 Å². The molecule has 4 nitrogen and oxygen atoms in total. The largest absolute Gasteiger partial charge is 0.449 e. The average molecular weight is 414 g/mol. The minimum absolute atomic E-state index is 0.149. The summed E-state index contributed by atoms with van der Waals surface area (Å²) in [4.78, 5) is 24.9. The SMILES string of the molecule is C[C@@H](OC(=O)c1ccc(Cl)cc1Cl)C(=O)Nc1ccccc1-c1ccccc1. The van der Waals surface area contributed by atoms with Crippen molar-refractivity contribution in [2.45, 2.75) is 13.0 Å². The van der Waals surface area contributed by atoms with Gasteiger partial charge < -0.3 is 10.1 Å². The molecule has 0 spiro atoms. The number of hydrogen-bond acceptors (Lipinski definition) is 3. The van der Waals surface area contributed by atoms with Crippen LogP contribution >= 0.6 is 23.2 Å². The summed E-state index contributed by atoms with van der Waals surface area (Å²) in [5.41, 5.74) is 2.62. The summed E-state index contributed by atoms with van der Waals surface area (Å²) in [6.45, 7) is 1.50. The third-order valence-electron chi connectivity index (χ3n) is 4.07. The molecule has 6 heteroatoms. The van der Waals surface area contributed by atoms with Crippen LogP contribution in [0.2, 0.25) is 10.0 Å². The van der Waals surface area contributed by atoms with Gasteiger partial charge in [-0.25, -0.2) is 4.79 Å². The van der Waals surface area contributed by atoms with Crippen LogP contribution in [0, 0.1) is 0 Å². The molecule has 0 bridgehead atoms. The normalized spacial score (nSPS) is 11.5. The standard InChI is InChI=1S/C22H17Cl2NO3/c1-14(28-22(27)18-12-11-16(23)13-19(18)24)21(26)25-20-10-6-5-9-17(20)15-7-3-2-4-8-15/h2-14H,1H3,(H,25,26)/t14-/m1/s1. The minimum atomic E-state index is -1.01. The first kappa shape index (κ1) is 19.9. The molecule has 1 amide bonds. The maximum absolute atomic E-state index is 12.6. The molecule has 0 saturated heterocycles. The zero-order valence-electron chi connectivity index (χ0n) is 15.0. The van der Waals surface area contributed by atoms with Gasteiger partial charge in [-0.2, -0.15) is 0 Å². The Bertz CT molecular complexity index is 1010. The molecule has 1 atom stereocenters. The lowest BCUT2D eigenvalue weighted by atomic mass is 10.0. The second-order valence-corrected chi connectivity index (χ2v) is 6.92. The molecule has 0 radical (unpaired) electrons. The third-order valence-corrected chi connectivity index (χ3v) is 4.62. The van der Waals surface area contributed by atoms with Gasteiger partial charge in [0.1, 0.15) is 0 Å². The van der Waals surface area contributed by atoms with E-state index in [-0.39, 0.29) is 10.6 Å².